The Balaban J connectivity index is 0.00000361. The molecule has 1 aromatic rings. The molecule has 1 rings (SSSR count). The summed E-state index contributed by atoms with van der Waals surface area (Å²) >= 11 is 0. The van der Waals surface area contributed by atoms with Gasteiger partial charge in [-0.2, -0.15) is 0 Å². The van der Waals surface area contributed by atoms with Crippen LogP contribution in [0, 0.1) is 13.8 Å². The first kappa shape index (κ1) is 18.4. The minimum Gasteiger partial charge on any atom is -0.348 e. The number of aryl methyl sites for hydroxylation is 2. The number of carbonyl (C=O) groups is 2. The van der Waals surface area contributed by atoms with E-state index in [9.17, 15) is 9.59 Å². The highest BCUT2D eigenvalue weighted by atomic mass is 35.5. The van der Waals surface area contributed by atoms with Gasteiger partial charge in [0.25, 0.3) is 0 Å². The molecule has 0 heterocycles. The highest BCUT2D eigenvalue weighted by molar-refractivity contribution is 5.85. The van der Waals surface area contributed by atoms with Gasteiger partial charge < -0.3 is 16.4 Å². The summed E-state index contributed by atoms with van der Waals surface area (Å²) in [7, 11) is 0. The molecular weight excluding hydrogens is 278 g/mol. The van der Waals surface area contributed by atoms with Crippen molar-refractivity contribution >= 4 is 24.2 Å². The van der Waals surface area contributed by atoms with Crippen LogP contribution in [0.3, 0.4) is 0 Å². The molecule has 20 heavy (non-hydrogen) atoms. The predicted molar refractivity (Wildman–Crippen MR) is 81.8 cm³/mol. The fourth-order valence-electron chi connectivity index (χ4n) is 1.93. The third-order valence-electron chi connectivity index (χ3n) is 2.90. The largest absolute Gasteiger partial charge is 0.348 e. The number of rotatable bonds is 5. The summed E-state index contributed by atoms with van der Waals surface area (Å²) in [5, 5.41) is 5.28. The van der Waals surface area contributed by atoms with Crippen molar-refractivity contribution < 1.29 is 9.59 Å². The van der Waals surface area contributed by atoms with Crippen molar-refractivity contribution in [2.24, 2.45) is 5.73 Å². The van der Waals surface area contributed by atoms with E-state index in [1.54, 1.807) is 0 Å². The number of carbonyl (C=O) groups excluding carboxylic acids is 2. The zero-order valence-electron chi connectivity index (χ0n) is 12.0. The molecule has 112 valence electrons. The Labute approximate surface area is 125 Å². The van der Waals surface area contributed by atoms with E-state index in [1.165, 1.54) is 5.56 Å². The van der Waals surface area contributed by atoms with Crippen molar-refractivity contribution in [3.05, 3.63) is 34.9 Å². The number of nitrogens with two attached hydrogens (primary N) is 1. The van der Waals surface area contributed by atoms with E-state index in [4.69, 9.17) is 5.73 Å². The van der Waals surface area contributed by atoms with Crippen LogP contribution < -0.4 is 16.4 Å². The quantitative estimate of drug-likeness (QED) is 0.758. The van der Waals surface area contributed by atoms with E-state index in [1.807, 2.05) is 32.9 Å². The number of hydrogen-bond acceptors (Lipinski definition) is 3. The number of halogens is 1. The lowest BCUT2D eigenvalue weighted by Crippen LogP contribution is -2.40. The number of hydrogen-bond donors (Lipinski definition) is 3. The monoisotopic (exact) mass is 299 g/mol. The van der Waals surface area contributed by atoms with Gasteiger partial charge in [-0.1, -0.05) is 23.8 Å². The van der Waals surface area contributed by atoms with E-state index in [0.717, 1.165) is 11.1 Å². The molecule has 0 bridgehead atoms. The van der Waals surface area contributed by atoms with Crippen molar-refractivity contribution in [1.82, 2.24) is 10.6 Å². The van der Waals surface area contributed by atoms with Gasteiger partial charge in [-0.3, -0.25) is 9.59 Å². The first-order chi connectivity index (χ1) is 8.93. The predicted octanol–water partition coefficient (Wildman–Crippen LogP) is 0.977. The third kappa shape index (κ3) is 5.59. The molecule has 0 fully saturated rings. The lowest BCUT2D eigenvalue weighted by Gasteiger charge is -2.17. The zero-order valence-corrected chi connectivity index (χ0v) is 12.8. The fraction of sp³-hybridized carbons (Fsp3) is 0.429. The maximum atomic E-state index is 11.7. The Morgan fingerprint density at radius 3 is 2.45 bits per heavy atom. The van der Waals surface area contributed by atoms with E-state index >= 15 is 0 Å². The Bertz CT molecular complexity index is 477. The molecular formula is C14H22ClN3O2. The molecule has 0 aliphatic heterocycles. The fourth-order valence-corrected chi connectivity index (χ4v) is 1.93. The van der Waals surface area contributed by atoms with Gasteiger partial charge in [-0.15, -0.1) is 12.4 Å². The minimum absolute atomic E-state index is 0. The molecule has 5 nitrogen and oxygen atoms in total. The van der Waals surface area contributed by atoms with Crippen LogP contribution in [0.25, 0.3) is 0 Å². The summed E-state index contributed by atoms with van der Waals surface area (Å²) in [6, 6.07) is 6.01. The van der Waals surface area contributed by atoms with Gasteiger partial charge >= 0.3 is 0 Å². The second-order valence-electron chi connectivity index (χ2n) is 4.63. The van der Waals surface area contributed by atoms with E-state index < -0.39 is 0 Å². The smallest absolute Gasteiger partial charge is 0.239 e. The Morgan fingerprint density at radius 1 is 1.25 bits per heavy atom. The Hall–Kier alpha value is -1.59. The van der Waals surface area contributed by atoms with Crippen molar-refractivity contribution in [2.75, 3.05) is 13.1 Å². The summed E-state index contributed by atoms with van der Waals surface area (Å²) in [5.74, 6) is -0.566. The van der Waals surface area contributed by atoms with Gasteiger partial charge in [-0.25, -0.2) is 0 Å². The summed E-state index contributed by atoms with van der Waals surface area (Å²) in [6.07, 6.45) is 0. The van der Waals surface area contributed by atoms with Gasteiger partial charge in [0, 0.05) is 0 Å². The topological polar surface area (TPSA) is 84.2 Å². The molecule has 6 heteroatoms. The summed E-state index contributed by atoms with van der Waals surface area (Å²) in [6.45, 7) is 5.80. The first-order valence-electron chi connectivity index (χ1n) is 6.27. The first-order valence-corrected chi connectivity index (χ1v) is 6.27. The lowest BCUT2D eigenvalue weighted by atomic mass is 10.0. The minimum atomic E-state index is -0.339. The number of nitrogens with one attached hydrogen (secondary N) is 2. The average molecular weight is 300 g/mol. The van der Waals surface area contributed by atoms with Crippen LogP contribution in [-0.4, -0.2) is 24.9 Å². The molecule has 0 saturated carbocycles. The second-order valence-corrected chi connectivity index (χ2v) is 4.63. The Morgan fingerprint density at radius 2 is 1.90 bits per heavy atom. The maximum absolute atomic E-state index is 11.7. The molecule has 1 aromatic carbocycles. The van der Waals surface area contributed by atoms with Crippen LogP contribution in [0.1, 0.15) is 29.7 Å². The van der Waals surface area contributed by atoms with Crippen molar-refractivity contribution in [1.29, 1.82) is 0 Å². The number of benzene rings is 1. The molecule has 2 amide bonds. The Kier molecular flexibility index (Phi) is 7.87. The molecule has 1 unspecified atom stereocenters. The molecule has 1 atom stereocenters. The zero-order chi connectivity index (χ0) is 14.4. The van der Waals surface area contributed by atoms with E-state index in [2.05, 4.69) is 16.7 Å². The number of amides is 2. The lowest BCUT2D eigenvalue weighted by molar-refractivity contribution is -0.125. The van der Waals surface area contributed by atoms with Crippen molar-refractivity contribution in [3.8, 4) is 0 Å². The SMILES string of the molecule is Cc1ccc(C(C)NC(=O)CNC(=O)CN)c(C)c1.Cl. The average Bonchev–Trinajstić information content (AvgIpc) is 2.35. The van der Waals surface area contributed by atoms with Crippen LogP contribution in [0.15, 0.2) is 18.2 Å². The van der Waals surface area contributed by atoms with Gasteiger partial charge in [0.05, 0.1) is 19.1 Å². The second kappa shape index (κ2) is 8.55. The van der Waals surface area contributed by atoms with Crippen LogP contribution in [0.2, 0.25) is 0 Å². The molecule has 0 aliphatic rings. The van der Waals surface area contributed by atoms with Gasteiger partial charge in [0.15, 0.2) is 0 Å². The molecule has 0 aromatic heterocycles. The summed E-state index contributed by atoms with van der Waals surface area (Å²) < 4.78 is 0. The van der Waals surface area contributed by atoms with Gasteiger partial charge in [0.1, 0.15) is 0 Å². The van der Waals surface area contributed by atoms with Gasteiger partial charge in [0.2, 0.25) is 11.8 Å². The summed E-state index contributed by atoms with van der Waals surface area (Å²) in [5.41, 5.74) is 8.54. The highest BCUT2D eigenvalue weighted by Crippen LogP contribution is 2.18. The van der Waals surface area contributed by atoms with Crippen LogP contribution >= 0.6 is 12.4 Å². The molecule has 0 spiro atoms. The molecule has 0 aliphatic carbocycles. The molecule has 0 radical (unpaired) electrons. The van der Waals surface area contributed by atoms with Crippen molar-refractivity contribution in [2.45, 2.75) is 26.8 Å². The van der Waals surface area contributed by atoms with E-state index in [0.29, 0.717) is 0 Å². The van der Waals surface area contributed by atoms with Crippen molar-refractivity contribution in [3.63, 3.8) is 0 Å². The summed E-state index contributed by atoms with van der Waals surface area (Å²) in [4.78, 5) is 22.6. The highest BCUT2D eigenvalue weighted by Gasteiger charge is 2.12. The molecule has 0 saturated heterocycles. The maximum Gasteiger partial charge on any atom is 0.239 e. The van der Waals surface area contributed by atoms with Crippen LogP contribution in [0.4, 0.5) is 0 Å². The van der Waals surface area contributed by atoms with E-state index in [-0.39, 0.29) is 43.4 Å². The van der Waals surface area contributed by atoms with Crippen LogP contribution in [-0.2, 0) is 9.59 Å². The normalized spacial score (nSPS) is 11.2. The molecule has 4 N–H and O–H groups in total. The van der Waals surface area contributed by atoms with Gasteiger partial charge in [-0.05, 0) is 31.9 Å². The van der Waals surface area contributed by atoms with Crippen LogP contribution in [0.5, 0.6) is 0 Å². The third-order valence-corrected chi connectivity index (χ3v) is 2.90. The standard InChI is InChI=1S/C14H21N3O2.ClH/c1-9-4-5-12(10(2)6-9)11(3)17-14(19)8-16-13(18)7-15;/h4-6,11H,7-8,15H2,1-3H3,(H,16,18)(H,17,19);1H.